The molecule has 1 atom stereocenters. The lowest BCUT2D eigenvalue weighted by molar-refractivity contribution is -0.143. The van der Waals surface area contributed by atoms with E-state index in [1.54, 1.807) is 6.07 Å². The second-order valence-corrected chi connectivity index (χ2v) is 2.43. The highest BCUT2D eigenvalue weighted by Crippen LogP contribution is 2.10. The molecule has 0 aromatic carbocycles. The molecule has 1 unspecified atom stereocenters. The molecule has 0 bridgehead atoms. The Morgan fingerprint density at radius 1 is 1.82 bits per heavy atom. The first kappa shape index (κ1) is 9.63. The van der Waals surface area contributed by atoms with E-state index in [9.17, 15) is 9.59 Å². The molecular formula is C7H9NO3. The fraction of sp³-hybridized carbons (Fsp3) is 0.571. The molecule has 0 radical (unpaired) electrons. The van der Waals surface area contributed by atoms with Crippen molar-refractivity contribution in [1.82, 2.24) is 0 Å². The Morgan fingerprint density at radius 3 is 2.64 bits per heavy atom. The predicted octanol–water partition coefficient (Wildman–Crippen LogP) is 0.278. The molecule has 4 nitrogen and oxygen atoms in total. The van der Waals surface area contributed by atoms with Gasteiger partial charge in [0.05, 0.1) is 6.07 Å². The standard InChI is InChI=1S/C7H9NO3/c1-6(10)11-5-7(2,3-8)4-9/h4H,5H2,1-2H3. The van der Waals surface area contributed by atoms with Crippen molar-refractivity contribution in [2.24, 2.45) is 5.41 Å². The summed E-state index contributed by atoms with van der Waals surface area (Å²) in [6, 6.07) is 1.74. The summed E-state index contributed by atoms with van der Waals surface area (Å²) >= 11 is 0. The van der Waals surface area contributed by atoms with Gasteiger partial charge < -0.3 is 9.53 Å². The smallest absolute Gasteiger partial charge is 0.302 e. The highest BCUT2D eigenvalue weighted by Gasteiger charge is 2.24. The lowest BCUT2D eigenvalue weighted by atomic mass is 9.97. The first-order valence-corrected chi connectivity index (χ1v) is 3.05. The Hall–Kier alpha value is -1.37. The van der Waals surface area contributed by atoms with E-state index in [1.165, 1.54) is 13.8 Å². The van der Waals surface area contributed by atoms with Crippen LogP contribution in [0.25, 0.3) is 0 Å². The number of hydrogen-bond donors (Lipinski definition) is 0. The number of nitrogens with zero attached hydrogens (tertiary/aromatic N) is 1. The number of carbonyl (C=O) groups excluding carboxylic acids is 2. The highest BCUT2D eigenvalue weighted by molar-refractivity contribution is 5.68. The molecule has 0 saturated heterocycles. The summed E-state index contributed by atoms with van der Waals surface area (Å²) in [6.07, 6.45) is 0.468. The molecule has 60 valence electrons. The Balaban J connectivity index is 4.01. The fourth-order valence-electron chi connectivity index (χ4n) is 0.344. The molecule has 0 saturated carbocycles. The normalized spacial score (nSPS) is 14.3. The summed E-state index contributed by atoms with van der Waals surface area (Å²) in [5, 5.41) is 8.43. The van der Waals surface area contributed by atoms with Crippen molar-refractivity contribution in [3.05, 3.63) is 0 Å². The molecule has 11 heavy (non-hydrogen) atoms. The van der Waals surface area contributed by atoms with Crippen molar-refractivity contribution >= 4 is 12.3 Å². The number of hydrogen-bond acceptors (Lipinski definition) is 4. The van der Waals surface area contributed by atoms with Gasteiger partial charge in [-0.15, -0.1) is 0 Å². The van der Waals surface area contributed by atoms with E-state index in [-0.39, 0.29) is 6.61 Å². The van der Waals surface area contributed by atoms with Crippen molar-refractivity contribution in [3.63, 3.8) is 0 Å². The number of nitriles is 1. The van der Waals surface area contributed by atoms with Gasteiger partial charge in [-0.2, -0.15) is 5.26 Å². The van der Waals surface area contributed by atoms with Gasteiger partial charge in [-0.25, -0.2) is 0 Å². The lowest BCUT2D eigenvalue weighted by Gasteiger charge is -2.11. The van der Waals surface area contributed by atoms with Crippen LogP contribution in [0.3, 0.4) is 0 Å². The molecule has 0 spiro atoms. The van der Waals surface area contributed by atoms with E-state index in [0.717, 1.165) is 0 Å². The minimum Gasteiger partial charge on any atom is -0.464 e. The van der Waals surface area contributed by atoms with Crippen molar-refractivity contribution < 1.29 is 14.3 Å². The van der Waals surface area contributed by atoms with E-state index in [0.29, 0.717) is 6.29 Å². The van der Waals surface area contributed by atoms with Gasteiger partial charge in [-0.3, -0.25) is 4.79 Å². The van der Waals surface area contributed by atoms with Crippen molar-refractivity contribution in [3.8, 4) is 6.07 Å². The summed E-state index contributed by atoms with van der Waals surface area (Å²) in [6.45, 7) is 2.45. The van der Waals surface area contributed by atoms with Crippen LogP contribution >= 0.6 is 0 Å². The van der Waals surface area contributed by atoms with Gasteiger partial charge in [-0.1, -0.05) is 0 Å². The van der Waals surface area contributed by atoms with Crippen LogP contribution in [0.15, 0.2) is 0 Å². The predicted molar refractivity (Wildman–Crippen MR) is 36.4 cm³/mol. The van der Waals surface area contributed by atoms with E-state index >= 15 is 0 Å². The third kappa shape index (κ3) is 3.36. The molecule has 0 rings (SSSR count). The minimum atomic E-state index is -1.20. The van der Waals surface area contributed by atoms with Crippen molar-refractivity contribution in [2.45, 2.75) is 13.8 Å². The quantitative estimate of drug-likeness (QED) is 0.433. The van der Waals surface area contributed by atoms with Crippen LogP contribution in [0.4, 0.5) is 0 Å². The summed E-state index contributed by atoms with van der Waals surface area (Å²) in [5.41, 5.74) is -1.20. The van der Waals surface area contributed by atoms with E-state index < -0.39 is 11.4 Å². The molecule has 0 heterocycles. The monoisotopic (exact) mass is 155 g/mol. The third-order valence-corrected chi connectivity index (χ3v) is 1.09. The van der Waals surface area contributed by atoms with Gasteiger partial charge >= 0.3 is 5.97 Å². The van der Waals surface area contributed by atoms with Crippen LogP contribution in [0, 0.1) is 16.7 Å². The fourth-order valence-corrected chi connectivity index (χ4v) is 0.344. The van der Waals surface area contributed by atoms with Crippen LogP contribution in [-0.2, 0) is 14.3 Å². The third-order valence-electron chi connectivity index (χ3n) is 1.09. The van der Waals surface area contributed by atoms with Crippen LogP contribution in [0.5, 0.6) is 0 Å². The zero-order valence-electron chi connectivity index (χ0n) is 6.46. The van der Waals surface area contributed by atoms with Gasteiger partial charge in [0, 0.05) is 6.92 Å². The van der Waals surface area contributed by atoms with E-state index in [1.807, 2.05) is 0 Å². The molecule has 0 aliphatic heterocycles. The SMILES string of the molecule is CC(=O)OCC(C)(C#N)C=O. The number of esters is 1. The molecule has 0 fully saturated rings. The number of aldehydes is 1. The van der Waals surface area contributed by atoms with Gasteiger partial charge in [0.2, 0.25) is 0 Å². The zero-order valence-corrected chi connectivity index (χ0v) is 6.46. The second kappa shape index (κ2) is 3.71. The van der Waals surface area contributed by atoms with E-state index in [4.69, 9.17) is 5.26 Å². The second-order valence-electron chi connectivity index (χ2n) is 2.43. The van der Waals surface area contributed by atoms with Crippen LogP contribution < -0.4 is 0 Å². The average Bonchev–Trinajstić information content (AvgIpc) is 2.00. The highest BCUT2D eigenvalue weighted by atomic mass is 16.5. The lowest BCUT2D eigenvalue weighted by Crippen LogP contribution is -2.24. The largest absolute Gasteiger partial charge is 0.464 e. The van der Waals surface area contributed by atoms with Crippen molar-refractivity contribution in [2.75, 3.05) is 6.61 Å². The van der Waals surface area contributed by atoms with Gasteiger partial charge in [-0.05, 0) is 6.92 Å². The van der Waals surface area contributed by atoms with Gasteiger partial charge in [0.15, 0.2) is 0 Å². The maximum Gasteiger partial charge on any atom is 0.302 e. The molecule has 0 aliphatic rings. The average molecular weight is 155 g/mol. The summed E-state index contributed by atoms with van der Waals surface area (Å²) in [7, 11) is 0. The Bertz CT molecular complexity index is 206. The molecular weight excluding hydrogens is 146 g/mol. The first-order valence-electron chi connectivity index (χ1n) is 3.05. The first-order chi connectivity index (χ1) is 5.04. The summed E-state index contributed by atoms with van der Waals surface area (Å²) in [4.78, 5) is 20.5. The van der Waals surface area contributed by atoms with Crippen LogP contribution in [0.1, 0.15) is 13.8 Å². The number of ether oxygens (including phenoxy) is 1. The topological polar surface area (TPSA) is 67.2 Å². The van der Waals surface area contributed by atoms with Crippen LogP contribution in [0.2, 0.25) is 0 Å². The van der Waals surface area contributed by atoms with Crippen LogP contribution in [-0.4, -0.2) is 18.9 Å². The number of carbonyl (C=O) groups is 2. The molecule has 0 N–H and O–H groups in total. The molecule has 0 aromatic rings. The molecule has 0 amide bonds. The summed E-state index contributed by atoms with van der Waals surface area (Å²) < 4.78 is 4.50. The minimum absolute atomic E-state index is 0.178. The zero-order chi connectivity index (χ0) is 8.91. The Kier molecular flexibility index (Phi) is 3.25. The Labute approximate surface area is 64.8 Å². The van der Waals surface area contributed by atoms with Gasteiger partial charge in [0.25, 0.3) is 0 Å². The molecule has 0 aromatic heterocycles. The van der Waals surface area contributed by atoms with Crippen molar-refractivity contribution in [1.29, 1.82) is 5.26 Å². The van der Waals surface area contributed by atoms with Gasteiger partial charge in [0.1, 0.15) is 18.3 Å². The maximum atomic E-state index is 10.3. The molecule has 0 aliphatic carbocycles. The number of rotatable bonds is 3. The maximum absolute atomic E-state index is 10.3. The van der Waals surface area contributed by atoms with E-state index in [2.05, 4.69) is 4.74 Å². The Morgan fingerprint density at radius 2 is 2.36 bits per heavy atom. The summed E-state index contributed by atoms with van der Waals surface area (Å²) in [5.74, 6) is -0.492. The molecule has 4 heteroatoms.